The number of amides is 1. The molecule has 0 atom stereocenters. The van der Waals surface area contributed by atoms with Crippen LogP contribution in [-0.2, 0) is 11.3 Å². The second-order valence-corrected chi connectivity index (χ2v) is 7.60. The second-order valence-electron chi connectivity index (χ2n) is 6.65. The van der Waals surface area contributed by atoms with Crippen LogP contribution in [0.25, 0.3) is 5.69 Å². The molecule has 0 saturated heterocycles. The molecule has 0 radical (unpaired) electrons. The first kappa shape index (κ1) is 20.9. The summed E-state index contributed by atoms with van der Waals surface area (Å²) in [7, 11) is 1.64. The molecule has 7 heteroatoms. The molecule has 3 rings (SSSR count). The molecule has 1 amide bonds. The van der Waals surface area contributed by atoms with Crippen molar-refractivity contribution < 1.29 is 9.53 Å². The molecule has 0 spiro atoms. The maximum absolute atomic E-state index is 12.9. The molecule has 152 valence electrons. The lowest BCUT2D eigenvalue weighted by Crippen LogP contribution is -2.32. The van der Waals surface area contributed by atoms with Crippen molar-refractivity contribution in [2.24, 2.45) is 0 Å². The van der Waals surface area contributed by atoms with E-state index in [1.54, 1.807) is 7.11 Å². The minimum absolute atomic E-state index is 0.0997. The first-order valence-electron chi connectivity index (χ1n) is 9.63. The number of nitrogens with zero attached hydrogens (tertiary/aromatic N) is 4. The summed E-state index contributed by atoms with van der Waals surface area (Å²) in [5.41, 5.74) is 2.08. The Bertz CT molecular complexity index is 926. The van der Waals surface area contributed by atoms with Crippen LogP contribution in [0, 0.1) is 6.92 Å². The van der Waals surface area contributed by atoms with Crippen LogP contribution in [-0.4, -0.2) is 45.0 Å². The molecule has 0 aliphatic carbocycles. The first-order valence-corrected chi connectivity index (χ1v) is 10.6. The van der Waals surface area contributed by atoms with E-state index >= 15 is 0 Å². The Hall–Kier alpha value is -2.80. The van der Waals surface area contributed by atoms with Crippen LogP contribution in [0.3, 0.4) is 0 Å². The summed E-state index contributed by atoms with van der Waals surface area (Å²) in [4.78, 5) is 14.8. The Morgan fingerprint density at radius 1 is 1.10 bits per heavy atom. The number of carbonyl (C=O) groups excluding carboxylic acids is 1. The summed E-state index contributed by atoms with van der Waals surface area (Å²) in [6.45, 7) is 5.35. The molecule has 0 N–H and O–H groups in total. The van der Waals surface area contributed by atoms with Gasteiger partial charge in [0.05, 0.1) is 12.9 Å². The maximum Gasteiger partial charge on any atom is 0.233 e. The van der Waals surface area contributed by atoms with Gasteiger partial charge in [0.2, 0.25) is 5.91 Å². The van der Waals surface area contributed by atoms with Crippen molar-refractivity contribution in [1.29, 1.82) is 0 Å². The fourth-order valence-corrected chi connectivity index (χ4v) is 3.95. The van der Waals surface area contributed by atoms with Crippen molar-refractivity contribution in [3.8, 4) is 11.4 Å². The van der Waals surface area contributed by atoms with Gasteiger partial charge in [-0.25, -0.2) is 0 Å². The van der Waals surface area contributed by atoms with E-state index < -0.39 is 0 Å². The summed E-state index contributed by atoms with van der Waals surface area (Å²) in [6, 6.07) is 17.8. The zero-order valence-electron chi connectivity index (χ0n) is 17.0. The first-order chi connectivity index (χ1) is 14.1. The van der Waals surface area contributed by atoms with E-state index in [0.29, 0.717) is 17.5 Å². The number of aromatic nitrogens is 3. The molecular weight excluding hydrogens is 384 g/mol. The molecule has 3 aromatic rings. The lowest BCUT2D eigenvalue weighted by Gasteiger charge is -2.22. The third-order valence-electron chi connectivity index (χ3n) is 4.51. The van der Waals surface area contributed by atoms with Crippen LogP contribution < -0.4 is 4.74 Å². The second kappa shape index (κ2) is 10.1. The minimum Gasteiger partial charge on any atom is -0.497 e. The van der Waals surface area contributed by atoms with Gasteiger partial charge in [-0.2, -0.15) is 0 Å². The van der Waals surface area contributed by atoms with Gasteiger partial charge >= 0.3 is 0 Å². The minimum atomic E-state index is 0.0997. The van der Waals surface area contributed by atoms with E-state index in [1.165, 1.54) is 11.8 Å². The molecule has 0 aliphatic rings. The van der Waals surface area contributed by atoms with Crippen molar-refractivity contribution in [2.75, 3.05) is 19.4 Å². The lowest BCUT2D eigenvalue weighted by molar-refractivity contribution is -0.129. The number of ether oxygens (including phenoxy) is 1. The largest absolute Gasteiger partial charge is 0.497 e. The van der Waals surface area contributed by atoms with E-state index in [-0.39, 0.29) is 5.91 Å². The molecule has 6 nitrogen and oxygen atoms in total. The Kier molecular flexibility index (Phi) is 7.30. The summed E-state index contributed by atoms with van der Waals surface area (Å²) in [5, 5.41) is 9.17. The van der Waals surface area contributed by atoms with Crippen molar-refractivity contribution in [3.63, 3.8) is 0 Å². The molecule has 0 saturated carbocycles. The maximum atomic E-state index is 12.9. The van der Waals surface area contributed by atoms with Gasteiger partial charge in [-0.1, -0.05) is 49.0 Å². The van der Waals surface area contributed by atoms with Crippen LogP contribution in [0.5, 0.6) is 5.75 Å². The molecule has 0 unspecified atom stereocenters. The predicted molar refractivity (Wildman–Crippen MR) is 116 cm³/mol. The molecule has 0 aliphatic heterocycles. The van der Waals surface area contributed by atoms with E-state index in [4.69, 9.17) is 4.74 Å². The van der Waals surface area contributed by atoms with E-state index in [9.17, 15) is 4.79 Å². The fraction of sp³-hybridized carbons (Fsp3) is 0.318. The van der Waals surface area contributed by atoms with Gasteiger partial charge in [0.25, 0.3) is 0 Å². The normalized spacial score (nSPS) is 10.7. The number of carbonyl (C=O) groups is 1. The van der Waals surface area contributed by atoms with Crippen molar-refractivity contribution in [3.05, 3.63) is 66.0 Å². The average molecular weight is 411 g/mol. The Morgan fingerprint density at radius 3 is 2.48 bits per heavy atom. The van der Waals surface area contributed by atoms with Crippen molar-refractivity contribution >= 4 is 17.7 Å². The Balaban J connectivity index is 1.70. The van der Waals surface area contributed by atoms with Gasteiger partial charge in [-0.3, -0.25) is 9.36 Å². The van der Waals surface area contributed by atoms with Crippen molar-refractivity contribution in [1.82, 2.24) is 19.7 Å². The third kappa shape index (κ3) is 5.38. The number of rotatable bonds is 9. The van der Waals surface area contributed by atoms with E-state index in [0.717, 1.165) is 35.8 Å². The van der Waals surface area contributed by atoms with Crippen LogP contribution in [0.15, 0.2) is 59.8 Å². The molecule has 1 heterocycles. The quantitative estimate of drug-likeness (QED) is 0.497. The number of methoxy groups -OCH3 is 1. The van der Waals surface area contributed by atoms with Gasteiger partial charge in [0.1, 0.15) is 11.6 Å². The molecule has 0 bridgehead atoms. The van der Waals surface area contributed by atoms with Gasteiger partial charge in [-0.05, 0) is 43.2 Å². The fourth-order valence-electron chi connectivity index (χ4n) is 3.05. The topological polar surface area (TPSA) is 60.2 Å². The number of hydrogen-bond donors (Lipinski definition) is 0. The Morgan fingerprint density at radius 2 is 1.83 bits per heavy atom. The Labute approximate surface area is 175 Å². The predicted octanol–water partition coefficient (Wildman–Crippen LogP) is 4.12. The number of aryl methyl sites for hydroxylation is 1. The van der Waals surface area contributed by atoms with Crippen molar-refractivity contribution in [2.45, 2.75) is 32.0 Å². The van der Waals surface area contributed by atoms with Crippen LogP contribution >= 0.6 is 11.8 Å². The van der Waals surface area contributed by atoms with E-state index in [2.05, 4.69) is 17.1 Å². The molecule has 1 aromatic heterocycles. The van der Waals surface area contributed by atoms with Crippen LogP contribution in [0.1, 0.15) is 24.7 Å². The van der Waals surface area contributed by atoms with Gasteiger partial charge in [0.15, 0.2) is 5.16 Å². The zero-order chi connectivity index (χ0) is 20.6. The molecule has 0 fully saturated rings. The number of benzene rings is 2. The molecule has 29 heavy (non-hydrogen) atoms. The summed E-state index contributed by atoms with van der Waals surface area (Å²) in [6.07, 6.45) is 0.921. The number of hydrogen-bond acceptors (Lipinski definition) is 5. The molecular formula is C22H26N4O2S. The zero-order valence-corrected chi connectivity index (χ0v) is 17.9. The SMILES string of the molecule is CCCN(Cc1ccccc1)C(=O)CSc1nnc(C)n1-c1ccc(OC)cc1. The molecule has 2 aromatic carbocycles. The average Bonchev–Trinajstić information content (AvgIpc) is 3.13. The highest BCUT2D eigenvalue weighted by molar-refractivity contribution is 7.99. The highest BCUT2D eigenvalue weighted by atomic mass is 32.2. The van der Waals surface area contributed by atoms with Crippen LogP contribution in [0.2, 0.25) is 0 Å². The summed E-state index contributed by atoms with van der Waals surface area (Å²) < 4.78 is 7.19. The monoisotopic (exact) mass is 410 g/mol. The summed E-state index contributed by atoms with van der Waals surface area (Å²) in [5.74, 6) is 1.99. The number of thioether (sulfide) groups is 1. The standard InChI is InChI=1S/C22H26N4O2S/c1-4-14-25(15-18-8-6-5-7-9-18)21(27)16-29-22-24-23-17(2)26(22)19-10-12-20(28-3)13-11-19/h5-13H,4,14-16H2,1-3H3. The van der Waals surface area contributed by atoms with Gasteiger partial charge in [0, 0.05) is 18.8 Å². The van der Waals surface area contributed by atoms with E-state index in [1.807, 2.05) is 71.0 Å². The smallest absolute Gasteiger partial charge is 0.233 e. The highest BCUT2D eigenvalue weighted by Gasteiger charge is 2.17. The third-order valence-corrected chi connectivity index (χ3v) is 5.43. The highest BCUT2D eigenvalue weighted by Crippen LogP contribution is 2.24. The lowest BCUT2D eigenvalue weighted by atomic mass is 10.2. The van der Waals surface area contributed by atoms with Gasteiger partial charge in [-0.15, -0.1) is 10.2 Å². The summed E-state index contributed by atoms with van der Waals surface area (Å²) >= 11 is 1.41. The van der Waals surface area contributed by atoms with Gasteiger partial charge < -0.3 is 9.64 Å². The van der Waals surface area contributed by atoms with Crippen LogP contribution in [0.4, 0.5) is 0 Å².